The molecule has 1 aliphatic heterocycles. The van der Waals surface area contributed by atoms with Crippen LogP contribution >= 0.6 is 0 Å². The number of hydrogen-bond donors (Lipinski definition) is 0. The van der Waals surface area contributed by atoms with Crippen LogP contribution in [0.3, 0.4) is 0 Å². The van der Waals surface area contributed by atoms with E-state index < -0.39 is 0 Å². The minimum Gasteiger partial charge on any atom is -0.337 e. The van der Waals surface area contributed by atoms with Crippen LogP contribution in [0.4, 0.5) is 0 Å². The second-order valence-corrected chi connectivity index (χ2v) is 8.58. The summed E-state index contributed by atoms with van der Waals surface area (Å²) in [6.45, 7) is 5.80. The van der Waals surface area contributed by atoms with Crippen molar-refractivity contribution in [1.29, 1.82) is 0 Å². The van der Waals surface area contributed by atoms with Crippen molar-refractivity contribution in [3.8, 4) is 0 Å². The largest absolute Gasteiger partial charge is 0.337 e. The predicted octanol–water partition coefficient (Wildman–Crippen LogP) is 3.64. The lowest BCUT2D eigenvalue weighted by molar-refractivity contribution is 0.0723. The maximum Gasteiger partial charge on any atom is 0.253 e. The third-order valence-electron chi connectivity index (χ3n) is 6.89. The Labute approximate surface area is 154 Å². The topological polar surface area (TPSA) is 51.0 Å². The highest BCUT2D eigenvalue weighted by Gasteiger charge is 2.54. The van der Waals surface area contributed by atoms with E-state index in [9.17, 15) is 4.79 Å². The molecular formula is C21H26N4O. The van der Waals surface area contributed by atoms with Crippen LogP contribution < -0.4 is 0 Å². The van der Waals surface area contributed by atoms with Gasteiger partial charge in [-0.15, -0.1) is 10.2 Å². The summed E-state index contributed by atoms with van der Waals surface area (Å²) in [7, 11) is 0. The number of amides is 1. The van der Waals surface area contributed by atoms with Crippen molar-refractivity contribution >= 4 is 5.91 Å². The normalized spacial score (nSPS) is 24.1. The Bertz CT molecular complexity index is 863. The van der Waals surface area contributed by atoms with Gasteiger partial charge in [0.25, 0.3) is 5.91 Å². The number of nitrogens with zero attached hydrogens (tertiary/aromatic N) is 4. The molecule has 1 unspecified atom stereocenters. The van der Waals surface area contributed by atoms with Crippen LogP contribution in [-0.4, -0.2) is 38.7 Å². The number of benzene rings is 1. The quantitative estimate of drug-likeness (QED) is 0.849. The fourth-order valence-corrected chi connectivity index (χ4v) is 4.81. The van der Waals surface area contributed by atoms with Gasteiger partial charge >= 0.3 is 0 Å². The van der Waals surface area contributed by atoms with Gasteiger partial charge in [0.1, 0.15) is 12.2 Å². The predicted molar refractivity (Wildman–Crippen MR) is 99.1 cm³/mol. The number of rotatable bonds is 3. The van der Waals surface area contributed by atoms with Crippen molar-refractivity contribution in [3.05, 3.63) is 47.0 Å². The van der Waals surface area contributed by atoms with Crippen LogP contribution in [0.15, 0.2) is 24.5 Å². The van der Waals surface area contributed by atoms with E-state index in [1.807, 2.05) is 18.5 Å². The lowest BCUT2D eigenvalue weighted by atomic mass is 9.62. The lowest BCUT2D eigenvalue weighted by Crippen LogP contribution is -2.38. The van der Waals surface area contributed by atoms with E-state index >= 15 is 0 Å². The Balaban J connectivity index is 1.44. The zero-order chi connectivity index (χ0) is 17.9. The van der Waals surface area contributed by atoms with E-state index in [-0.39, 0.29) is 11.3 Å². The second kappa shape index (κ2) is 5.66. The molecule has 0 N–H and O–H groups in total. The minimum absolute atomic E-state index is 0.166. The van der Waals surface area contributed by atoms with E-state index in [2.05, 4.69) is 39.6 Å². The monoisotopic (exact) mass is 350 g/mol. The maximum absolute atomic E-state index is 13.2. The van der Waals surface area contributed by atoms with E-state index in [1.54, 1.807) is 0 Å². The van der Waals surface area contributed by atoms with E-state index in [1.165, 1.54) is 43.2 Å². The van der Waals surface area contributed by atoms with Crippen molar-refractivity contribution in [1.82, 2.24) is 19.7 Å². The van der Waals surface area contributed by atoms with Crippen LogP contribution in [0.2, 0.25) is 0 Å². The summed E-state index contributed by atoms with van der Waals surface area (Å²) in [6, 6.07) is 6.64. The average Bonchev–Trinajstić information content (AvgIpc) is 3.18. The molecule has 5 nitrogen and oxygen atoms in total. The third-order valence-corrected chi connectivity index (χ3v) is 6.89. The van der Waals surface area contributed by atoms with Crippen molar-refractivity contribution in [2.45, 2.75) is 57.9 Å². The molecule has 2 aliphatic carbocycles. The molecule has 0 radical (unpaired) electrons. The lowest BCUT2D eigenvalue weighted by Gasteiger charge is -2.42. The van der Waals surface area contributed by atoms with Crippen molar-refractivity contribution in [3.63, 3.8) is 0 Å². The van der Waals surface area contributed by atoms with Gasteiger partial charge in [-0.3, -0.25) is 4.79 Å². The first-order valence-corrected chi connectivity index (χ1v) is 9.83. The highest BCUT2D eigenvalue weighted by atomic mass is 16.2. The second-order valence-electron chi connectivity index (χ2n) is 8.58. The van der Waals surface area contributed by atoms with Gasteiger partial charge in [-0.2, -0.15) is 0 Å². The minimum atomic E-state index is 0.166. The van der Waals surface area contributed by atoms with E-state index in [4.69, 9.17) is 0 Å². The summed E-state index contributed by atoms with van der Waals surface area (Å²) in [6.07, 6.45) is 8.02. The number of carbonyl (C=O) groups is 1. The average molecular weight is 350 g/mol. The summed E-state index contributed by atoms with van der Waals surface area (Å²) in [5.41, 5.74) is 3.44. The molecule has 1 amide bonds. The zero-order valence-electron chi connectivity index (χ0n) is 15.6. The molecule has 1 saturated heterocycles. The Morgan fingerprint density at radius 3 is 2.65 bits per heavy atom. The third kappa shape index (κ3) is 2.40. The summed E-state index contributed by atoms with van der Waals surface area (Å²) in [5.74, 6) is 1.61. The van der Waals surface area contributed by atoms with Gasteiger partial charge in [0, 0.05) is 30.6 Å². The molecule has 5 heteroatoms. The van der Waals surface area contributed by atoms with Gasteiger partial charge < -0.3 is 9.47 Å². The molecule has 0 bridgehead atoms. The number of aryl methyl sites for hydroxylation is 2. The first kappa shape index (κ1) is 16.0. The standard InChI is InChI=1S/C21H26N4O/c1-14-4-5-16(10-15(14)2)20(26)24-11-18(21(12-24)8-3-9-21)19-23-22-13-25(19)17-6-7-17/h4-5,10,13,17-18H,3,6-9,11-12H2,1-2H3. The number of likely N-dealkylation sites (tertiary alicyclic amines) is 1. The highest BCUT2D eigenvalue weighted by molar-refractivity contribution is 5.94. The Kier molecular flexibility index (Phi) is 3.49. The van der Waals surface area contributed by atoms with Crippen molar-refractivity contribution < 1.29 is 4.79 Å². The van der Waals surface area contributed by atoms with Crippen molar-refractivity contribution in [2.75, 3.05) is 13.1 Å². The highest BCUT2D eigenvalue weighted by Crippen LogP contribution is 2.56. The maximum atomic E-state index is 13.2. The first-order chi connectivity index (χ1) is 12.6. The Hall–Kier alpha value is -2.17. The zero-order valence-corrected chi connectivity index (χ0v) is 15.6. The Morgan fingerprint density at radius 1 is 1.19 bits per heavy atom. The summed E-state index contributed by atoms with van der Waals surface area (Å²) in [5, 5.41) is 8.71. The molecule has 3 fully saturated rings. The molecule has 1 aromatic heterocycles. The molecule has 2 heterocycles. The number of carbonyl (C=O) groups excluding carboxylic acids is 1. The van der Waals surface area contributed by atoms with Crippen LogP contribution in [0, 0.1) is 19.3 Å². The van der Waals surface area contributed by atoms with Crippen LogP contribution in [0.25, 0.3) is 0 Å². The molecule has 3 aliphatic rings. The molecule has 5 rings (SSSR count). The van der Waals surface area contributed by atoms with Gasteiger partial charge in [-0.05, 0) is 68.2 Å². The summed E-state index contributed by atoms with van der Waals surface area (Å²) >= 11 is 0. The van der Waals surface area contributed by atoms with Crippen LogP contribution in [0.1, 0.15) is 71.4 Å². The van der Waals surface area contributed by atoms with Crippen LogP contribution in [-0.2, 0) is 0 Å². The van der Waals surface area contributed by atoms with Gasteiger partial charge in [-0.1, -0.05) is 12.5 Å². The first-order valence-electron chi connectivity index (χ1n) is 9.83. The number of aromatic nitrogens is 3. The van der Waals surface area contributed by atoms with Crippen molar-refractivity contribution in [2.24, 2.45) is 5.41 Å². The van der Waals surface area contributed by atoms with Gasteiger partial charge in [0.2, 0.25) is 0 Å². The van der Waals surface area contributed by atoms with E-state index in [0.29, 0.717) is 12.0 Å². The molecule has 1 aromatic carbocycles. The number of hydrogen-bond acceptors (Lipinski definition) is 3. The van der Waals surface area contributed by atoms with E-state index in [0.717, 1.165) is 24.5 Å². The summed E-state index contributed by atoms with van der Waals surface area (Å²) < 4.78 is 2.29. The molecule has 136 valence electrons. The van der Waals surface area contributed by atoms with Gasteiger partial charge in [0.05, 0.1) is 0 Å². The smallest absolute Gasteiger partial charge is 0.253 e. The van der Waals surface area contributed by atoms with Crippen LogP contribution in [0.5, 0.6) is 0 Å². The molecule has 26 heavy (non-hydrogen) atoms. The molecule has 1 spiro atoms. The Morgan fingerprint density at radius 2 is 2.00 bits per heavy atom. The fraction of sp³-hybridized carbons (Fsp3) is 0.571. The van der Waals surface area contributed by atoms with Gasteiger partial charge in [0.15, 0.2) is 0 Å². The summed E-state index contributed by atoms with van der Waals surface area (Å²) in [4.78, 5) is 15.2. The fourth-order valence-electron chi connectivity index (χ4n) is 4.81. The molecular weight excluding hydrogens is 324 g/mol. The van der Waals surface area contributed by atoms with Gasteiger partial charge in [-0.25, -0.2) is 0 Å². The molecule has 2 saturated carbocycles. The molecule has 1 atom stereocenters. The molecule has 2 aromatic rings. The SMILES string of the molecule is Cc1ccc(C(=O)N2CC(c3nncn3C3CC3)C3(CCC3)C2)cc1C.